The Bertz CT molecular complexity index is 1060. The molecule has 0 radical (unpaired) electrons. The Morgan fingerprint density at radius 3 is 2.68 bits per heavy atom. The molecule has 34 heavy (non-hydrogen) atoms. The van der Waals surface area contributed by atoms with Crippen LogP contribution in [0.5, 0.6) is 0 Å². The average molecular weight is 476 g/mol. The van der Waals surface area contributed by atoms with E-state index in [1.54, 1.807) is 6.92 Å². The second kappa shape index (κ2) is 9.44. The maximum atomic E-state index is 14.1. The van der Waals surface area contributed by atoms with Gasteiger partial charge >= 0.3 is 5.97 Å². The zero-order valence-corrected chi connectivity index (χ0v) is 19.8. The fourth-order valence-corrected chi connectivity index (χ4v) is 5.33. The van der Waals surface area contributed by atoms with Crippen molar-refractivity contribution in [3.8, 4) is 11.3 Å². The highest BCUT2D eigenvalue weighted by Crippen LogP contribution is 2.42. The Morgan fingerprint density at radius 1 is 1.24 bits per heavy atom. The van der Waals surface area contributed by atoms with Crippen LogP contribution in [0, 0.1) is 17.0 Å². The first-order valence-corrected chi connectivity index (χ1v) is 11.8. The summed E-state index contributed by atoms with van der Waals surface area (Å²) in [6.07, 6.45) is 4.67. The summed E-state index contributed by atoms with van der Waals surface area (Å²) < 4.78 is 37.6. The van der Waals surface area contributed by atoms with Gasteiger partial charge in [0, 0.05) is 31.3 Å². The summed E-state index contributed by atoms with van der Waals surface area (Å²) in [6.45, 7) is 7.61. The fourth-order valence-electron chi connectivity index (χ4n) is 5.33. The molecule has 1 amide bonds. The Labute approximate surface area is 197 Å². The van der Waals surface area contributed by atoms with Crippen molar-refractivity contribution in [2.24, 2.45) is 5.41 Å². The molecule has 7 nitrogen and oxygen atoms in total. The molecule has 2 aromatic rings. The minimum absolute atomic E-state index is 0.00327. The number of ether oxygens (including phenoxy) is 1. The summed E-state index contributed by atoms with van der Waals surface area (Å²) in [7, 11) is 0. The van der Waals surface area contributed by atoms with Crippen molar-refractivity contribution < 1.29 is 27.6 Å². The molecule has 1 atom stereocenters. The van der Waals surface area contributed by atoms with Gasteiger partial charge in [0.25, 0.3) is 5.91 Å². The van der Waals surface area contributed by atoms with E-state index in [4.69, 9.17) is 9.26 Å². The van der Waals surface area contributed by atoms with Crippen LogP contribution in [0.3, 0.4) is 0 Å². The van der Waals surface area contributed by atoms with Crippen molar-refractivity contribution >= 4 is 11.9 Å². The van der Waals surface area contributed by atoms with Gasteiger partial charge < -0.3 is 14.6 Å². The number of hydrogen-bond acceptors (Lipinski definition) is 6. The molecule has 1 saturated carbocycles. The van der Waals surface area contributed by atoms with Crippen molar-refractivity contribution in [1.29, 1.82) is 0 Å². The molecule has 0 spiro atoms. The van der Waals surface area contributed by atoms with Crippen molar-refractivity contribution in [2.45, 2.75) is 64.5 Å². The van der Waals surface area contributed by atoms with Gasteiger partial charge in [0.2, 0.25) is 0 Å². The number of hydrogen-bond donors (Lipinski definition) is 1. The van der Waals surface area contributed by atoms with E-state index >= 15 is 0 Å². The number of aromatic nitrogens is 1. The zero-order chi connectivity index (χ0) is 24.5. The molecule has 184 valence electrons. The number of halogens is 2. The molecule has 1 N–H and O–H groups in total. The van der Waals surface area contributed by atoms with E-state index in [0.717, 1.165) is 25.0 Å². The summed E-state index contributed by atoms with van der Waals surface area (Å²) in [4.78, 5) is 27.7. The van der Waals surface area contributed by atoms with E-state index in [0.29, 0.717) is 19.1 Å². The molecule has 4 rings (SSSR count). The topological polar surface area (TPSA) is 84.7 Å². The number of carbonyl (C=O) groups excluding carboxylic acids is 2. The number of likely N-dealkylation sites (tertiary alicyclic amines) is 1. The minimum Gasteiger partial charge on any atom is -0.466 e. The summed E-state index contributed by atoms with van der Waals surface area (Å²) in [5.74, 6) is -2.41. The first-order chi connectivity index (χ1) is 16.1. The van der Waals surface area contributed by atoms with E-state index in [9.17, 15) is 18.4 Å². The summed E-state index contributed by atoms with van der Waals surface area (Å²) in [5.41, 5.74) is -0.655. The molecule has 9 heteroatoms. The lowest BCUT2D eigenvalue weighted by Crippen LogP contribution is -2.74. The van der Waals surface area contributed by atoms with Crippen LogP contribution in [0.2, 0.25) is 0 Å². The van der Waals surface area contributed by atoms with Crippen LogP contribution >= 0.6 is 0 Å². The number of benzene rings is 1. The van der Waals surface area contributed by atoms with E-state index in [1.165, 1.54) is 25.0 Å². The molecular formula is C25H31F2N3O4. The van der Waals surface area contributed by atoms with Gasteiger partial charge in [-0.3, -0.25) is 14.5 Å². The third-order valence-corrected chi connectivity index (χ3v) is 7.01. The largest absolute Gasteiger partial charge is 0.466 e. The van der Waals surface area contributed by atoms with E-state index in [1.807, 2.05) is 0 Å². The van der Waals surface area contributed by atoms with Gasteiger partial charge in [-0.25, -0.2) is 8.78 Å². The second-order valence-corrected chi connectivity index (χ2v) is 10.1. The predicted octanol–water partition coefficient (Wildman–Crippen LogP) is 4.33. The number of nitrogens with zero attached hydrogens (tertiary/aromatic N) is 2. The Balaban J connectivity index is 1.49. The monoisotopic (exact) mass is 475 g/mol. The Morgan fingerprint density at radius 2 is 2.00 bits per heavy atom. The molecular weight excluding hydrogens is 444 g/mol. The van der Waals surface area contributed by atoms with Gasteiger partial charge in [-0.2, -0.15) is 0 Å². The SMILES string of the molecule is CCOC(=O)CC1(NC(=O)c2cc(-c3ccc(F)cc3F)on2)CN(C2CCCCC2(C)C)C1. The molecule has 2 fully saturated rings. The number of rotatable bonds is 7. The quantitative estimate of drug-likeness (QED) is 0.601. The fraction of sp³-hybridized carbons (Fsp3) is 0.560. The van der Waals surface area contributed by atoms with Gasteiger partial charge in [-0.05, 0) is 37.3 Å². The minimum atomic E-state index is -0.813. The van der Waals surface area contributed by atoms with E-state index in [-0.39, 0.29) is 41.4 Å². The summed E-state index contributed by atoms with van der Waals surface area (Å²) >= 11 is 0. The third-order valence-electron chi connectivity index (χ3n) is 7.01. The standard InChI is InChI=1S/C25H31F2N3O4/c1-4-33-22(31)13-25(14-30(15-25)21-7-5-6-10-24(21,2)3)28-23(32)19-12-20(34-29-19)17-9-8-16(26)11-18(17)27/h8-9,11-12,21H,4-7,10,13-15H2,1-3H3,(H,28,32). The molecule has 2 aliphatic rings. The van der Waals surface area contributed by atoms with Crippen LogP contribution in [0.4, 0.5) is 8.78 Å². The summed E-state index contributed by atoms with van der Waals surface area (Å²) in [6, 6.07) is 4.76. The highest BCUT2D eigenvalue weighted by atomic mass is 19.1. The Kier molecular flexibility index (Phi) is 6.75. The number of esters is 1. The molecule has 0 bridgehead atoms. The lowest BCUT2D eigenvalue weighted by Gasteiger charge is -2.57. The van der Waals surface area contributed by atoms with Gasteiger partial charge in [0.1, 0.15) is 11.6 Å². The first kappa shape index (κ1) is 24.3. The van der Waals surface area contributed by atoms with Crippen molar-refractivity contribution in [3.63, 3.8) is 0 Å². The molecule has 1 unspecified atom stereocenters. The van der Waals surface area contributed by atoms with E-state index in [2.05, 4.69) is 29.2 Å². The van der Waals surface area contributed by atoms with Crippen LogP contribution in [-0.4, -0.2) is 53.2 Å². The Hall–Kier alpha value is -2.81. The van der Waals surface area contributed by atoms with Crippen molar-refractivity contribution in [3.05, 3.63) is 41.6 Å². The lowest BCUT2D eigenvalue weighted by molar-refractivity contribution is -0.148. The van der Waals surface area contributed by atoms with Crippen LogP contribution in [0.25, 0.3) is 11.3 Å². The van der Waals surface area contributed by atoms with Gasteiger partial charge in [-0.1, -0.05) is 31.8 Å². The molecule has 1 aliphatic carbocycles. The van der Waals surface area contributed by atoms with Crippen molar-refractivity contribution in [2.75, 3.05) is 19.7 Å². The molecule has 1 aromatic carbocycles. The third kappa shape index (κ3) is 4.99. The smallest absolute Gasteiger partial charge is 0.308 e. The molecule has 1 aliphatic heterocycles. The van der Waals surface area contributed by atoms with Crippen LogP contribution in [0.1, 0.15) is 63.4 Å². The number of amides is 1. The van der Waals surface area contributed by atoms with E-state index < -0.39 is 23.1 Å². The molecule has 1 aromatic heterocycles. The number of nitrogens with one attached hydrogen (secondary N) is 1. The van der Waals surface area contributed by atoms with Gasteiger partial charge in [-0.15, -0.1) is 0 Å². The van der Waals surface area contributed by atoms with Crippen LogP contribution in [0.15, 0.2) is 28.8 Å². The number of carbonyl (C=O) groups is 2. The van der Waals surface area contributed by atoms with Crippen molar-refractivity contribution in [1.82, 2.24) is 15.4 Å². The lowest BCUT2D eigenvalue weighted by atomic mass is 9.70. The first-order valence-electron chi connectivity index (χ1n) is 11.8. The van der Waals surface area contributed by atoms with Gasteiger partial charge in [0.05, 0.1) is 24.1 Å². The maximum Gasteiger partial charge on any atom is 0.308 e. The van der Waals surface area contributed by atoms with Crippen LogP contribution < -0.4 is 5.32 Å². The highest BCUT2D eigenvalue weighted by Gasteiger charge is 2.51. The van der Waals surface area contributed by atoms with Crippen LogP contribution in [-0.2, 0) is 9.53 Å². The molecule has 1 saturated heterocycles. The molecule has 2 heterocycles. The zero-order valence-electron chi connectivity index (χ0n) is 19.8. The van der Waals surface area contributed by atoms with Gasteiger partial charge in [0.15, 0.2) is 11.5 Å². The average Bonchev–Trinajstić information content (AvgIpc) is 3.22. The maximum absolute atomic E-state index is 14.1. The normalized spacial score (nSPS) is 21.5. The second-order valence-electron chi connectivity index (χ2n) is 10.1. The summed E-state index contributed by atoms with van der Waals surface area (Å²) in [5, 5.41) is 6.73. The highest BCUT2D eigenvalue weighted by molar-refractivity contribution is 5.94. The predicted molar refractivity (Wildman–Crippen MR) is 121 cm³/mol.